The highest BCUT2D eigenvalue weighted by Crippen LogP contribution is 2.19. The first-order valence-corrected chi connectivity index (χ1v) is 5.86. The molecule has 0 aliphatic carbocycles. The summed E-state index contributed by atoms with van der Waals surface area (Å²) in [7, 11) is 1.86. The minimum absolute atomic E-state index is 0.309. The lowest BCUT2D eigenvalue weighted by molar-refractivity contribution is 0.453. The zero-order chi connectivity index (χ0) is 13.0. The minimum Gasteiger partial charge on any atom is -0.434 e. The molecule has 0 aliphatic heterocycles. The third kappa shape index (κ3) is 3.04. The van der Waals surface area contributed by atoms with Gasteiger partial charge in [0.05, 0.1) is 24.3 Å². The van der Waals surface area contributed by atoms with Crippen LogP contribution in [0.5, 0.6) is 11.6 Å². The highest BCUT2D eigenvalue weighted by molar-refractivity contribution is 5.20. The summed E-state index contributed by atoms with van der Waals surface area (Å²) in [4.78, 5) is 8.41. The third-order valence-electron chi connectivity index (χ3n) is 2.35. The molecule has 0 radical (unpaired) electrons. The second-order valence-electron chi connectivity index (χ2n) is 4.23. The van der Waals surface area contributed by atoms with Crippen molar-refractivity contribution in [3.63, 3.8) is 0 Å². The summed E-state index contributed by atoms with van der Waals surface area (Å²) in [5.74, 6) is 1.14. The van der Waals surface area contributed by atoms with Crippen molar-refractivity contribution < 1.29 is 4.74 Å². The van der Waals surface area contributed by atoms with Crippen LogP contribution in [0.25, 0.3) is 0 Å². The standard InChI is InChI=1S/C12H17N5O/c1-9(2)17-8-11(6-15-17)18-12-7-14-5-10(16-12)4-13-3/h5-9,13H,4H2,1-3H3. The number of rotatable bonds is 5. The fraction of sp³-hybridized carbons (Fsp3) is 0.417. The lowest BCUT2D eigenvalue weighted by Gasteiger charge is -2.04. The molecule has 2 heterocycles. The number of hydrogen-bond donors (Lipinski definition) is 1. The Labute approximate surface area is 106 Å². The van der Waals surface area contributed by atoms with E-state index in [0.717, 1.165) is 5.69 Å². The zero-order valence-corrected chi connectivity index (χ0v) is 10.8. The van der Waals surface area contributed by atoms with Crippen LogP contribution >= 0.6 is 0 Å². The molecule has 96 valence electrons. The first kappa shape index (κ1) is 12.5. The number of nitrogens with one attached hydrogen (secondary N) is 1. The molecule has 1 N–H and O–H groups in total. The monoisotopic (exact) mass is 247 g/mol. The van der Waals surface area contributed by atoms with Gasteiger partial charge in [-0.2, -0.15) is 5.10 Å². The molecule has 0 spiro atoms. The number of ether oxygens (including phenoxy) is 1. The molecule has 0 aromatic carbocycles. The molecular weight excluding hydrogens is 230 g/mol. The van der Waals surface area contributed by atoms with Crippen molar-refractivity contribution in [2.75, 3.05) is 7.05 Å². The van der Waals surface area contributed by atoms with Gasteiger partial charge in [-0.3, -0.25) is 9.67 Å². The fourth-order valence-electron chi connectivity index (χ4n) is 1.48. The average molecular weight is 247 g/mol. The van der Waals surface area contributed by atoms with E-state index in [0.29, 0.717) is 24.2 Å². The highest BCUT2D eigenvalue weighted by atomic mass is 16.5. The summed E-state index contributed by atoms with van der Waals surface area (Å²) >= 11 is 0. The molecule has 0 atom stereocenters. The van der Waals surface area contributed by atoms with E-state index in [1.807, 2.05) is 17.9 Å². The largest absolute Gasteiger partial charge is 0.434 e. The SMILES string of the molecule is CNCc1cncc(Oc2cnn(C(C)C)c2)n1. The van der Waals surface area contributed by atoms with Crippen molar-refractivity contribution in [1.82, 2.24) is 25.1 Å². The Morgan fingerprint density at radius 2 is 2.17 bits per heavy atom. The molecule has 0 fully saturated rings. The van der Waals surface area contributed by atoms with Crippen molar-refractivity contribution in [1.29, 1.82) is 0 Å². The van der Waals surface area contributed by atoms with Crippen LogP contribution in [-0.4, -0.2) is 26.8 Å². The first-order chi connectivity index (χ1) is 8.69. The molecule has 2 aromatic rings. The second kappa shape index (κ2) is 5.59. The van der Waals surface area contributed by atoms with E-state index in [9.17, 15) is 0 Å². The van der Waals surface area contributed by atoms with E-state index < -0.39 is 0 Å². The Bertz CT molecular complexity index is 509. The van der Waals surface area contributed by atoms with E-state index in [1.165, 1.54) is 0 Å². The Hall–Kier alpha value is -1.95. The Kier molecular flexibility index (Phi) is 3.88. The molecular formula is C12H17N5O. The summed E-state index contributed by atoms with van der Waals surface area (Å²) in [6.45, 7) is 4.78. The van der Waals surface area contributed by atoms with Crippen molar-refractivity contribution in [2.24, 2.45) is 0 Å². The number of aromatic nitrogens is 4. The van der Waals surface area contributed by atoms with Gasteiger partial charge in [-0.25, -0.2) is 4.98 Å². The van der Waals surface area contributed by atoms with E-state index in [2.05, 4.69) is 34.2 Å². The molecule has 0 amide bonds. The topological polar surface area (TPSA) is 64.9 Å². The van der Waals surface area contributed by atoms with Crippen molar-refractivity contribution in [3.8, 4) is 11.6 Å². The average Bonchev–Trinajstić information content (AvgIpc) is 2.78. The maximum absolute atomic E-state index is 5.61. The van der Waals surface area contributed by atoms with Gasteiger partial charge < -0.3 is 10.1 Å². The van der Waals surface area contributed by atoms with Crippen LogP contribution in [0.1, 0.15) is 25.6 Å². The third-order valence-corrected chi connectivity index (χ3v) is 2.35. The zero-order valence-electron chi connectivity index (χ0n) is 10.8. The molecule has 0 bridgehead atoms. The molecule has 0 saturated heterocycles. The molecule has 0 unspecified atom stereocenters. The Balaban J connectivity index is 2.10. The van der Waals surface area contributed by atoms with Gasteiger partial charge in [-0.1, -0.05) is 0 Å². The molecule has 6 nitrogen and oxygen atoms in total. The summed E-state index contributed by atoms with van der Waals surface area (Å²) in [6.07, 6.45) is 6.82. The summed E-state index contributed by atoms with van der Waals surface area (Å²) < 4.78 is 7.44. The van der Waals surface area contributed by atoms with Gasteiger partial charge in [-0.15, -0.1) is 0 Å². The van der Waals surface area contributed by atoms with E-state index >= 15 is 0 Å². The molecule has 18 heavy (non-hydrogen) atoms. The van der Waals surface area contributed by atoms with Crippen molar-refractivity contribution >= 4 is 0 Å². The van der Waals surface area contributed by atoms with Crippen LogP contribution in [0.15, 0.2) is 24.8 Å². The predicted molar refractivity (Wildman–Crippen MR) is 67.5 cm³/mol. The Morgan fingerprint density at radius 3 is 2.83 bits per heavy atom. The smallest absolute Gasteiger partial charge is 0.238 e. The van der Waals surface area contributed by atoms with Gasteiger partial charge in [0.15, 0.2) is 5.75 Å². The van der Waals surface area contributed by atoms with Gasteiger partial charge in [0, 0.05) is 18.8 Å². The lowest BCUT2D eigenvalue weighted by atomic mass is 10.4. The summed E-state index contributed by atoms with van der Waals surface area (Å²) in [6, 6.07) is 0.309. The second-order valence-corrected chi connectivity index (χ2v) is 4.23. The molecule has 2 aromatic heterocycles. The van der Waals surface area contributed by atoms with Crippen LogP contribution in [-0.2, 0) is 6.54 Å². The van der Waals surface area contributed by atoms with Gasteiger partial charge in [0.2, 0.25) is 5.88 Å². The molecule has 0 aliphatic rings. The highest BCUT2D eigenvalue weighted by Gasteiger charge is 2.05. The maximum Gasteiger partial charge on any atom is 0.238 e. The van der Waals surface area contributed by atoms with Crippen LogP contribution < -0.4 is 10.1 Å². The van der Waals surface area contributed by atoms with Crippen molar-refractivity contribution in [2.45, 2.75) is 26.4 Å². The van der Waals surface area contributed by atoms with E-state index in [1.54, 1.807) is 18.6 Å². The van der Waals surface area contributed by atoms with Crippen molar-refractivity contribution in [3.05, 3.63) is 30.5 Å². The molecule has 0 saturated carbocycles. The molecule has 6 heteroatoms. The van der Waals surface area contributed by atoms with Crippen LogP contribution in [0.3, 0.4) is 0 Å². The van der Waals surface area contributed by atoms with E-state index in [4.69, 9.17) is 4.74 Å². The lowest BCUT2D eigenvalue weighted by Crippen LogP contribution is -2.07. The van der Waals surface area contributed by atoms with Gasteiger partial charge in [-0.05, 0) is 20.9 Å². The maximum atomic E-state index is 5.61. The van der Waals surface area contributed by atoms with Gasteiger partial charge >= 0.3 is 0 Å². The summed E-state index contributed by atoms with van der Waals surface area (Å²) in [5, 5.41) is 7.22. The minimum atomic E-state index is 0.309. The number of hydrogen-bond acceptors (Lipinski definition) is 5. The van der Waals surface area contributed by atoms with Gasteiger partial charge in [0.1, 0.15) is 0 Å². The van der Waals surface area contributed by atoms with E-state index in [-0.39, 0.29) is 0 Å². The first-order valence-electron chi connectivity index (χ1n) is 5.86. The van der Waals surface area contributed by atoms with Crippen LogP contribution in [0.4, 0.5) is 0 Å². The quantitative estimate of drug-likeness (QED) is 0.872. The van der Waals surface area contributed by atoms with Crippen LogP contribution in [0.2, 0.25) is 0 Å². The molecule has 2 rings (SSSR count). The number of nitrogens with zero attached hydrogens (tertiary/aromatic N) is 4. The van der Waals surface area contributed by atoms with Gasteiger partial charge in [0.25, 0.3) is 0 Å². The predicted octanol–water partition coefficient (Wildman–Crippen LogP) is 1.77. The summed E-state index contributed by atoms with van der Waals surface area (Å²) in [5.41, 5.74) is 0.839. The van der Waals surface area contributed by atoms with Crippen LogP contribution in [0, 0.1) is 0 Å². The Morgan fingerprint density at radius 1 is 1.33 bits per heavy atom. The normalized spacial score (nSPS) is 10.9. The fourth-order valence-corrected chi connectivity index (χ4v) is 1.48.